The van der Waals surface area contributed by atoms with Gasteiger partial charge in [-0.25, -0.2) is 15.8 Å². The molecule has 1 aliphatic rings. The number of aromatic nitrogens is 2. The number of hydrogen-bond acceptors (Lipinski definition) is 6. The number of anilines is 1. The number of thiophene rings is 1. The Morgan fingerprint density at radius 2 is 2.22 bits per heavy atom. The highest BCUT2D eigenvalue weighted by molar-refractivity contribution is 7.99. The van der Waals surface area contributed by atoms with E-state index in [4.69, 9.17) is 5.84 Å². The van der Waals surface area contributed by atoms with Crippen LogP contribution in [0.25, 0.3) is 10.2 Å². The third-order valence-corrected chi connectivity index (χ3v) is 5.38. The average Bonchev–Trinajstić information content (AvgIpc) is 3.06. The topological polar surface area (TPSA) is 63.8 Å². The highest BCUT2D eigenvalue weighted by Gasteiger charge is 2.17. The molecule has 0 spiro atoms. The summed E-state index contributed by atoms with van der Waals surface area (Å²) in [6.45, 7) is 0. The molecule has 0 radical (unpaired) electrons. The SMILES string of the molecule is NNc1nc(SCC2CCCC2)c2ccsc2n1. The number of nitrogen functional groups attached to an aromatic ring is 1. The molecular weight excluding hydrogens is 264 g/mol. The maximum atomic E-state index is 5.42. The third-order valence-electron chi connectivity index (χ3n) is 3.35. The van der Waals surface area contributed by atoms with Crippen LogP contribution in [0.15, 0.2) is 16.5 Å². The van der Waals surface area contributed by atoms with Crippen molar-refractivity contribution in [3.63, 3.8) is 0 Å². The monoisotopic (exact) mass is 280 g/mol. The van der Waals surface area contributed by atoms with Gasteiger partial charge in [0.15, 0.2) is 0 Å². The molecule has 2 heterocycles. The van der Waals surface area contributed by atoms with Crippen molar-refractivity contribution in [2.75, 3.05) is 11.2 Å². The molecule has 18 heavy (non-hydrogen) atoms. The van der Waals surface area contributed by atoms with Crippen LogP contribution in [0.4, 0.5) is 5.95 Å². The van der Waals surface area contributed by atoms with Gasteiger partial charge in [0.25, 0.3) is 0 Å². The maximum absolute atomic E-state index is 5.42. The van der Waals surface area contributed by atoms with Crippen molar-refractivity contribution in [1.29, 1.82) is 0 Å². The Morgan fingerprint density at radius 1 is 1.39 bits per heavy atom. The Hall–Kier alpha value is -0.850. The molecule has 96 valence electrons. The van der Waals surface area contributed by atoms with Crippen LogP contribution in [0.3, 0.4) is 0 Å². The van der Waals surface area contributed by atoms with E-state index in [0.717, 1.165) is 26.9 Å². The molecule has 0 unspecified atom stereocenters. The normalized spacial score (nSPS) is 16.5. The molecule has 0 amide bonds. The van der Waals surface area contributed by atoms with Crippen LogP contribution < -0.4 is 11.3 Å². The first kappa shape index (κ1) is 12.2. The zero-order valence-corrected chi connectivity index (χ0v) is 11.7. The largest absolute Gasteiger partial charge is 0.292 e. The van der Waals surface area contributed by atoms with Crippen LogP contribution in [0.2, 0.25) is 0 Å². The number of thioether (sulfide) groups is 1. The molecule has 4 nitrogen and oxygen atoms in total. The van der Waals surface area contributed by atoms with Crippen LogP contribution in [0.1, 0.15) is 25.7 Å². The lowest BCUT2D eigenvalue weighted by atomic mass is 10.1. The second-order valence-corrected chi connectivity index (χ2v) is 6.50. The molecule has 1 fully saturated rings. The summed E-state index contributed by atoms with van der Waals surface area (Å²) in [5, 5.41) is 4.27. The van der Waals surface area contributed by atoms with Crippen molar-refractivity contribution in [3.05, 3.63) is 11.4 Å². The first-order valence-corrected chi connectivity index (χ1v) is 8.08. The number of rotatable bonds is 4. The number of nitrogens with one attached hydrogen (secondary N) is 1. The number of hydrazine groups is 1. The van der Waals surface area contributed by atoms with E-state index in [9.17, 15) is 0 Å². The zero-order chi connectivity index (χ0) is 12.4. The Morgan fingerprint density at radius 3 is 3.00 bits per heavy atom. The second kappa shape index (κ2) is 5.42. The fourth-order valence-corrected chi connectivity index (χ4v) is 4.40. The summed E-state index contributed by atoms with van der Waals surface area (Å²) < 4.78 is 0. The van der Waals surface area contributed by atoms with Crippen molar-refractivity contribution in [2.45, 2.75) is 30.7 Å². The van der Waals surface area contributed by atoms with E-state index in [0.29, 0.717) is 5.95 Å². The van der Waals surface area contributed by atoms with Crippen molar-refractivity contribution in [3.8, 4) is 0 Å². The van der Waals surface area contributed by atoms with Crippen LogP contribution in [0, 0.1) is 5.92 Å². The molecule has 0 atom stereocenters. The standard InChI is InChI=1S/C12H16N4S2/c13-16-12-14-10-9(5-6-17-10)11(15-12)18-7-8-3-1-2-4-8/h5-6,8H,1-4,7,13H2,(H,14,15,16). The van der Waals surface area contributed by atoms with Gasteiger partial charge in [0.05, 0.1) is 0 Å². The van der Waals surface area contributed by atoms with Crippen molar-refractivity contribution < 1.29 is 0 Å². The molecule has 1 saturated carbocycles. The van der Waals surface area contributed by atoms with Crippen LogP contribution in [0.5, 0.6) is 0 Å². The Balaban J connectivity index is 1.82. The summed E-state index contributed by atoms with van der Waals surface area (Å²) in [5.41, 5.74) is 2.55. The summed E-state index contributed by atoms with van der Waals surface area (Å²) >= 11 is 3.47. The number of hydrogen-bond donors (Lipinski definition) is 2. The molecule has 0 saturated heterocycles. The number of nitrogens with two attached hydrogens (primary N) is 1. The molecule has 3 rings (SSSR count). The quantitative estimate of drug-likeness (QED) is 0.389. The minimum absolute atomic E-state index is 0.513. The lowest BCUT2D eigenvalue weighted by molar-refractivity contribution is 0.623. The van der Waals surface area contributed by atoms with Crippen LogP contribution >= 0.6 is 23.1 Å². The second-order valence-electron chi connectivity index (χ2n) is 4.60. The zero-order valence-electron chi connectivity index (χ0n) is 10.1. The van der Waals surface area contributed by atoms with Gasteiger partial charge in [-0.05, 0) is 30.2 Å². The molecule has 3 N–H and O–H groups in total. The molecule has 6 heteroatoms. The summed E-state index contributed by atoms with van der Waals surface area (Å²) in [6.07, 6.45) is 5.51. The van der Waals surface area contributed by atoms with Crippen molar-refractivity contribution in [1.82, 2.24) is 9.97 Å². The Bertz CT molecular complexity index is 534. The van der Waals surface area contributed by atoms with Gasteiger partial charge in [-0.2, -0.15) is 0 Å². The molecular formula is C12H16N4S2. The van der Waals surface area contributed by atoms with E-state index in [1.807, 2.05) is 11.8 Å². The van der Waals surface area contributed by atoms with Gasteiger partial charge in [-0.15, -0.1) is 23.1 Å². The van der Waals surface area contributed by atoms with E-state index in [1.54, 1.807) is 11.3 Å². The molecule has 2 aromatic rings. The summed E-state index contributed by atoms with van der Waals surface area (Å²) in [6, 6.07) is 2.09. The van der Waals surface area contributed by atoms with E-state index < -0.39 is 0 Å². The highest BCUT2D eigenvalue weighted by Crippen LogP contribution is 2.34. The Kier molecular flexibility index (Phi) is 3.67. The van der Waals surface area contributed by atoms with Crippen molar-refractivity contribution in [2.24, 2.45) is 11.8 Å². The smallest absolute Gasteiger partial charge is 0.239 e. The predicted octanol–water partition coefficient (Wildman–Crippen LogP) is 3.26. The first-order valence-electron chi connectivity index (χ1n) is 6.21. The van der Waals surface area contributed by atoms with E-state index in [1.165, 1.54) is 25.7 Å². The lowest BCUT2D eigenvalue weighted by Crippen LogP contribution is -2.10. The van der Waals surface area contributed by atoms with Gasteiger partial charge in [0.1, 0.15) is 9.86 Å². The van der Waals surface area contributed by atoms with Gasteiger partial charge in [-0.3, -0.25) is 5.43 Å². The van der Waals surface area contributed by atoms with Gasteiger partial charge >= 0.3 is 0 Å². The van der Waals surface area contributed by atoms with E-state index in [2.05, 4.69) is 26.8 Å². The molecule has 0 aromatic carbocycles. The molecule has 0 aliphatic heterocycles. The lowest BCUT2D eigenvalue weighted by Gasteiger charge is -2.09. The maximum Gasteiger partial charge on any atom is 0.239 e. The average molecular weight is 280 g/mol. The fourth-order valence-electron chi connectivity index (χ4n) is 2.38. The first-order chi connectivity index (χ1) is 8.86. The number of fused-ring (bicyclic) bond motifs is 1. The molecule has 0 bridgehead atoms. The Labute approximate surface area is 114 Å². The predicted molar refractivity (Wildman–Crippen MR) is 77.9 cm³/mol. The highest BCUT2D eigenvalue weighted by atomic mass is 32.2. The van der Waals surface area contributed by atoms with Crippen LogP contribution in [-0.2, 0) is 0 Å². The van der Waals surface area contributed by atoms with E-state index >= 15 is 0 Å². The molecule has 1 aliphatic carbocycles. The summed E-state index contributed by atoms with van der Waals surface area (Å²) in [5.74, 6) is 7.94. The molecule has 2 aromatic heterocycles. The fraction of sp³-hybridized carbons (Fsp3) is 0.500. The minimum Gasteiger partial charge on any atom is -0.292 e. The van der Waals surface area contributed by atoms with Gasteiger partial charge < -0.3 is 0 Å². The van der Waals surface area contributed by atoms with Gasteiger partial charge in [-0.1, -0.05) is 12.8 Å². The third kappa shape index (κ3) is 2.46. The minimum atomic E-state index is 0.513. The van der Waals surface area contributed by atoms with Gasteiger partial charge in [0.2, 0.25) is 5.95 Å². The van der Waals surface area contributed by atoms with E-state index in [-0.39, 0.29) is 0 Å². The summed E-state index contributed by atoms with van der Waals surface area (Å²) in [4.78, 5) is 9.83. The van der Waals surface area contributed by atoms with Crippen LogP contribution in [-0.4, -0.2) is 15.7 Å². The number of nitrogens with zero attached hydrogens (tertiary/aromatic N) is 2. The van der Waals surface area contributed by atoms with Crippen molar-refractivity contribution >= 4 is 39.3 Å². The summed E-state index contributed by atoms with van der Waals surface area (Å²) in [7, 11) is 0. The van der Waals surface area contributed by atoms with Gasteiger partial charge in [0, 0.05) is 11.1 Å².